The van der Waals surface area contributed by atoms with E-state index in [1.807, 2.05) is 48.8 Å². The van der Waals surface area contributed by atoms with Crippen LogP contribution in [0.15, 0.2) is 67.1 Å². The van der Waals surface area contributed by atoms with Crippen LogP contribution in [0, 0.1) is 0 Å². The minimum atomic E-state index is 0.517. The monoisotopic (exact) mass is 316 g/mol. The maximum Gasteiger partial charge on any atom is 0.123 e. The number of nitrogens with two attached hydrogens (primary N) is 1. The summed E-state index contributed by atoms with van der Waals surface area (Å²) in [7, 11) is 1.66. The molecule has 4 rings (SSSR count). The number of fused-ring (bicyclic) bond motifs is 1. The number of ether oxygens (including phenoxy) is 1. The van der Waals surface area contributed by atoms with E-state index in [2.05, 4.69) is 20.6 Å². The summed E-state index contributed by atoms with van der Waals surface area (Å²) >= 11 is 0. The van der Waals surface area contributed by atoms with E-state index < -0.39 is 0 Å². The van der Waals surface area contributed by atoms with Gasteiger partial charge in [0.05, 0.1) is 18.1 Å². The van der Waals surface area contributed by atoms with Gasteiger partial charge in [0.1, 0.15) is 17.9 Å². The van der Waals surface area contributed by atoms with Gasteiger partial charge in [0.2, 0.25) is 0 Å². The van der Waals surface area contributed by atoms with Crippen LogP contribution in [-0.2, 0) is 0 Å². The van der Waals surface area contributed by atoms with E-state index in [0.717, 1.165) is 33.6 Å². The zero-order valence-electron chi connectivity index (χ0n) is 13.2. The predicted octanol–water partition coefficient (Wildman–Crippen LogP) is 3.68. The largest absolute Gasteiger partial charge is 0.497 e. The number of pyridine rings is 1. The zero-order chi connectivity index (χ0) is 16.5. The molecule has 24 heavy (non-hydrogen) atoms. The molecule has 5 nitrogen and oxygen atoms in total. The number of nitrogen functional groups attached to an aromatic ring is 1. The van der Waals surface area contributed by atoms with Crippen LogP contribution in [0.5, 0.6) is 5.75 Å². The SMILES string of the molecule is COc1ccc(-n2cnc3ccc(-c4ccc(N)nc4)cc32)cc1. The molecule has 0 bridgehead atoms. The van der Waals surface area contributed by atoms with E-state index in [-0.39, 0.29) is 0 Å². The molecular formula is C19H16N4O. The molecule has 0 unspecified atom stereocenters. The van der Waals surface area contributed by atoms with Gasteiger partial charge in [0.25, 0.3) is 0 Å². The molecule has 0 aliphatic rings. The maximum absolute atomic E-state index is 5.67. The van der Waals surface area contributed by atoms with E-state index in [0.29, 0.717) is 5.82 Å². The van der Waals surface area contributed by atoms with Crippen molar-refractivity contribution in [3.05, 3.63) is 67.1 Å². The van der Waals surface area contributed by atoms with Gasteiger partial charge in [-0.05, 0) is 54.1 Å². The molecule has 0 aliphatic carbocycles. The average Bonchev–Trinajstić information content (AvgIpc) is 3.05. The molecule has 0 spiro atoms. The van der Waals surface area contributed by atoms with Crippen molar-refractivity contribution in [2.75, 3.05) is 12.8 Å². The fraction of sp³-hybridized carbons (Fsp3) is 0.0526. The van der Waals surface area contributed by atoms with Gasteiger partial charge in [-0.3, -0.25) is 4.57 Å². The molecule has 2 heterocycles. The lowest BCUT2D eigenvalue weighted by molar-refractivity contribution is 0.415. The number of nitrogens with zero attached hydrogens (tertiary/aromatic N) is 3. The number of aromatic nitrogens is 3. The number of anilines is 1. The summed E-state index contributed by atoms with van der Waals surface area (Å²) in [4.78, 5) is 8.65. The van der Waals surface area contributed by atoms with Gasteiger partial charge in [-0.15, -0.1) is 0 Å². The van der Waals surface area contributed by atoms with E-state index >= 15 is 0 Å². The molecular weight excluding hydrogens is 300 g/mol. The van der Waals surface area contributed by atoms with Crippen molar-refractivity contribution in [1.82, 2.24) is 14.5 Å². The van der Waals surface area contributed by atoms with Crippen molar-refractivity contribution in [3.63, 3.8) is 0 Å². The van der Waals surface area contributed by atoms with Gasteiger partial charge in [-0.25, -0.2) is 9.97 Å². The number of rotatable bonds is 3. The van der Waals surface area contributed by atoms with Gasteiger partial charge in [0.15, 0.2) is 0 Å². The highest BCUT2D eigenvalue weighted by Gasteiger charge is 2.07. The van der Waals surface area contributed by atoms with Gasteiger partial charge >= 0.3 is 0 Å². The Bertz CT molecular complexity index is 988. The second kappa shape index (κ2) is 5.70. The molecule has 0 aliphatic heterocycles. The first kappa shape index (κ1) is 14.3. The minimum absolute atomic E-state index is 0.517. The Balaban J connectivity index is 1.82. The van der Waals surface area contributed by atoms with Crippen molar-refractivity contribution in [1.29, 1.82) is 0 Å². The fourth-order valence-electron chi connectivity index (χ4n) is 2.71. The molecule has 2 aromatic heterocycles. The number of imidazole rings is 1. The quantitative estimate of drug-likeness (QED) is 0.626. The first-order chi connectivity index (χ1) is 11.7. The van der Waals surface area contributed by atoms with Crippen molar-refractivity contribution in [3.8, 4) is 22.6 Å². The summed E-state index contributed by atoms with van der Waals surface area (Å²) in [5, 5.41) is 0. The summed E-state index contributed by atoms with van der Waals surface area (Å²) in [6, 6.07) is 17.8. The van der Waals surface area contributed by atoms with Crippen LogP contribution in [-0.4, -0.2) is 21.6 Å². The molecule has 118 valence electrons. The second-order valence-electron chi connectivity index (χ2n) is 5.49. The Morgan fingerprint density at radius 3 is 2.42 bits per heavy atom. The summed E-state index contributed by atoms with van der Waals surface area (Å²) in [5.41, 5.74) is 10.8. The molecule has 0 amide bonds. The van der Waals surface area contributed by atoms with E-state index in [4.69, 9.17) is 10.5 Å². The lowest BCUT2D eigenvalue weighted by atomic mass is 10.1. The Kier molecular flexibility index (Phi) is 3.39. The highest BCUT2D eigenvalue weighted by Crippen LogP contribution is 2.26. The first-order valence-corrected chi connectivity index (χ1v) is 7.58. The number of hydrogen-bond donors (Lipinski definition) is 1. The predicted molar refractivity (Wildman–Crippen MR) is 95.3 cm³/mol. The Hall–Kier alpha value is -3.34. The van der Waals surface area contributed by atoms with Crippen molar-refractivity contribution in [2.45, 2.75) is 0 Å². The third-order valence-corrected chi connectivity index (χ3v) is 4.02. The highest BCUT2D eigenvalue weighted by atomic mass is 16.5. The Morgan fingerprint density at radius 1 is 0.917 bits per heavy atom. The van der Waals surface area contributed by atoms with E-state index in [1.54, 1.807) is 19.4 Å². The lowest BCUT2D eigenvalue weighted by Gasteiger charge is -2.07. The lowest BCUT2D eigenvalue weighted by Crippen LogP contribution is -1.93. The van der Waals surface area contributed by atoms with Gasteiger partial charge < -0.3 is 10.5 Å². The molecule has 2 N–H and O–H groups in total. The topological polar surface area (TPSA) is 66.0 Å². The van der Waals surface area contributed by atoms with Crippen LogP contribution in [0.4, 0.5) is 5.82 Å². The summed E-state index contributed by atoms with van der Waals surface area (Å²) in [6.07, 6.45) is 3.61. The standard InChI is InChI=1S/C19H16N4O/c1-24-16-6-4-15(5-7-16)23-12-22-17-8-2-13(10-18(17)23)14-3-9-19(20)21-11-14/h2-12H,1H3,(H2,20,21). The molecule has 2 aromatic carbocycles. The molecule has 0 radical (unpaired) electrons. The van der Waals surface area contributed by atoms with Crippen LogP contribution >= 0.6 is 0 Å². The molecule has 0 atom stereocenters. The number of benzene rings is 2. The summed E-state index contributed by atoms with van der Waals surface area (Å²) in [6.45, 7) is 0. The fourth-order valence-corrected chi connectivity index (χ4v) is 2.71. The second-order valence-corrected chi connectivity index (χ2v) is 5.49. The zero-order valence-corrected chi connectivity index (χ0v) is 13.2. The van der Waals surface area contributed by atoms with Gasteiger partial charge in [0, 0.05) is 17.4 Å². The van der Waals surface area contributed by atoms with Crippen LogP contribution in [0.2, 0.25) is 0 Å². The number of methoxy groups -OCH3 is 1. The Morgan fingerprint density at radius 2 is 1.71 bits per heavy atom. The van der Waals surface area contributed by atoms with Crippen LogP contribution in [0.25, 0.3) is 27.8 Å². The first-order valence-electron chi connectivity index (χ1n) is 7.58. The minimum Gasteiger partial charge on any atom is -0.497 e. The van der Waals surface area contributed by atoms with Crippen molar-refractivity contribution in [2.24, 2.45) is 0 Å². The molecule has 0 saturated heterocycles. The average molecular weight is 316 g/mol. The normalized spacial score (nSPS) is 10.9. The van der Waals surface area contributed by atoms with Gasteiger partial charge in [-0.2, -0.15) is 0 Å². The smallest absolute Gasteiger partial charge is 0.123 e. The van der Waals surface area contributed by atoms with Gasteiger partial charge in [-0.1, -0.05) is 6.07 Å². The van der Waals surface area contributed by atoms with Crippen LogP contribution < -0.4 is 10.5 Å². The summed E-state index contributed by atoms with van der Waals surface area (Å²) < 4.78 is 7.28. The van der Waals surface area contributed by atoms with Crippen molar-refractivity contribution < 1.29 is 4.74 Å². The molecule has 0 saturated carbocycles. The van der Waals surface area contributed by atoms with Crippen molar-refractivity contribution >= 4 is 16.9 Å². The third-order valence-electron chi connectivity index (χ3n) is 4.02. The van der Waals surface area contributed by atoms with E-state index in [1.165, 1.54) is 0 Å². The summed E-state index contributed by atoms with van der Waals surface area (Å²) in [5.74, 6) is 1.35. The molecule has 5 heteroatoms. The maximum atomic E-state index is 5.67. The molecule has 4 aromatic rings. The van der Waals surface area contributed by atoms with Crippen LogP contribution in [0.3, 0.4) is 0 Å². The van der Waals surface area contributed by atoms with Crippen LogP contribution in [0.1, 0.15) is 0 Å². The highest BCUT2D eigenvalue weighted by molar-refractivity contribution is 5.83. The number of hydrogen-bond acceptors (Lipinski definition) is 4. The van der Waals surface area contributed by atoms with E-state index in [9.17, 15) is 0 Å². The molecule has 0 fully saturated rings. The Labute approximate surface area is 139 Å². The third kappa shape index (κ3) is 2.46.